The van der Waals surface area contributed by atoms with Gasteiger partial charge in [0.2, 0.25) is 0 Å². The molecule has 1 aromatic carbocycles. The van der Waals surface area contributed by atoms with Gasteiger partial charge in [0.15, 0.2) is 0 Å². The Labute approximate surface area is 87.5 Å². The van der Waals surface area contributed by atoms with Gasteiger partial charge in [0.05, 0.1) is 0 Å². The Morgan fingerprint density at radius 1 is 1.14 bits per heavy atom. The number of aryl methyl sites for hydroxylation is 1. The lowest BCUT2D eigenvalue weighted by molar-refractivity contribution is 0.372. The lowest BCUT2D eigenvalue weighted by Gasteiger charge is -2.25. The Morgan fingerprint density at radius 3 is 2.36 bits per heavy atom. The minimum Gasteiger partial charge on any atom is -0.312 e. The molecule has 0 saturated heterocycles. The lowest BCUT2D eigenvalue weighted by Crippen LogP contribution is -2.39. The summed E-state index contributed by atoms with van der Waals surface area (Å²) >= 11 is 0. The molecule has 0 radical (unpaired) electrons. The van der Waals surface area contributed by atoms with Crippen molar-refractivity contribution < 1.29 is 0 Å². The molecule has 0 aromatic heterocycles. The lowest BCUT2D eigenvalue weighted by atomic mass is 9.95. The molecule has 0 aliphatic heterocycles. The molecule has 1 nitrogen and oxygen atoms in total. The van der Waals surface area contributed by atoms with Crippen LogP contribution in [0.5, 0.6) is 0 Å². The molecule has 1 rings (SSSR count). The van der Waals surface area contributed by atoms with Crippen molar-refractivity contribution in [3.63, 3.8) is 0 Å². The molecule has 14 heavy (non-hydrogen) atoms. The molecular formula is C13H21N. The van der Waals surface area contributed by atoms with Crippen LogP contribution in [0.2, 0.25) is 0 Å². The maximum absolute atomic E-state index is 3.49. The van der Waals surface area contributed by atoms with Crippen LogP contribution >= 0.6 is 0 Å². The first-order valence-corrected chi connectivity index (χ1v) is 5.43. The Morgan fingerprint density at radius 2 is 1.79 bits per heavy atom. The van der Waals surface area contributed by atoms with Crippen LogP contribution in [0.4, 0.5) is 0 Å². The van der Waals surface area contributed by atoms with E-state index in [1.54, 1.807) is 0 Å². The average Bonchev–Trinajstić information content (AvgIpc) is 2.17. The first-order valence-electron chi connectivity index (χ1n) is 5.43. The predicted molar refractivity (Wildman–Crippen MR) is 62.5 cm³/mol. The Hall–Kier alpha value is -0.820. The zero-order chi connectivity index (χ0) is 10.4. The SMILES string of the molecule is CCNC(C)(C)CCc1ccccc1. The minimum absolute atomic E-state index is 0.255. The summed E-state index contributed by atoms with van der Waals surface area (Å²) in [7, 11) is 0. The summed E-state index contributed by atoms with van der Waals surface area (Å²) in [5, 5.41) is 3.49. The first-order chi connectivity index (χ1) is 6.64. The van der Waals surface area contributed by atoms with Gasteiger partial charge in [-0.05, 0) is 38.8 Å². The molecule has 0 aliphatic carbocycles. The van der Waals surface area contributed by atoms with Crippen LogP contribution in [0.25, 0.3) is 0 Å². The summed E-state index contributed by atoms with van der Waals surface area (Å²) in [5.41, 5.74) is 1.68. The second kappa shape index (κ2) is 5.16. The largest absolute Gasteiger partial charge is 0.312 e. The van der Waals surface area contributed by atoms with Gasteiger partial charge in [-0.25, -0.2) is 0 Å². The van der Waals surface area contributed by atoms with Crippen LogP contribution in [0.15, 0.2) is 30.3 Å². The van der Waals surface area contributed by atoms with Crippen LogP contribution in [0, 0.1) is 0 Å². The van der Waals surface area contributed by atoms with Crippen molar-refractivity contribution in [1.29, 1.82) is 0 Å². The van der Waals surface area contributed by atoms with Gasteiger partial charge in [-0.2, -0.15) is 0 Å². The maximum Gasteiger partial charge on any atom is 0.0128 e. The predicted octanol–water partition coefficient (Wildman–Crippen LogP) is 3.01. The van der Waals surface area contributed by atoms with Gasteiger partial charge in [-0.15, -0.1) is 0 Å². The summed E-state index contributed by atoms with van der Waals surface area (Å²) in [6, 6.07) is 10.7. The molecule has 0 fully saturated rings. The zero-order valence-corrected chi connectivity index (χ0v) is 9.51. The Kier molecular flexibility index (Phi) is 4.15. The van der Waals surface area contributed by atoms with E-state index in [1.165, 1.54) is 12.0 Å². The topological polar surface area (TPSA) is 12.0 Å². The highest BCUT2D eigenvalue weighted by Crippen LogP contribution is 2.12. The molecule has 0 amide bonds. The minimum atomic E-state index is 0.255. The normalized spacial score (nSPS) is 11.6. The molecule has 0 aliphatic rings. The fourth-order valence-corrected chi connectivity index (χ4v) is 1.67. The van der Waals surface area contributed by atoms with Crippen molar-refractivity contribution in [2.45, 2.75) is 39.2 Å². The van der Waals surface area contributed by atoms with Crippen molar-refractivity contribution >= 4 is 0 Å². The molecule has 1 heteroatoms. The highest BCUT2D eigenvalue weighted by atomic mass is 14.9. The summed E-state index contributed by atoms with van der Waals surface area (Å²) in [5.74, 6) is 0. The van der Waals surface area contributed by atoms with E-state index in [0.717, 1.165) is 13.0 Å². The molecule has 0 unspecified atom stereocenters. The van der Waals surface area contributed by atoms with Crippen molar-refractivity contribution in [2.75, 3.05) is 6.54 Å². The average molecular weight is 191 g/mol. The first kappa shape index (κ1) is 11.3. The van der Waals surface area contributed by atoms with E-state index in [0.29, 0.717) is 0 Å². The molecule has 1 aromatic rings. The number of benzene rings is 1. The van der Waals surface area contributed by atoms with Gasteiger partial charge >= 0.3 is 0 Å². The molecule has 1 N–H and O–H groups in total. The number of hydrogen-bond donors (Lipinski definition) is 1. The summed E-state index contributed by atoms with van der Waals surface area (Å²) in [6.07, 6.45) is 2.34. The van der Waals surface area contributed by atoms with E-state index >= 15 is 0 Å². The van der Waals surface area contributed by atoms with Gasteiger partial charge < -0.3 is 5.32 Å². The van der Waals surface area contributed by atoms with Crippen LogP contribution in [0.3, 0.4) is 0 Å². The Bertz CT molecular complexity index is 251. The van der Waals surface area contributed by atoms with Crippen LogP contribution in [-0.2, 0) is 6.42 Å². The van der Waals surface area contributed by atoms with Crippen molar-refractivity contribution in [3.05, 3.63) is 35.9 Å². The summed E-state index contributed by atoms with van der Waals surface area (Å²) < 4.78 is 0. The van der Waals surface area contributed by atoms with Crippen LogP contribution in [0.1, 0.15) is 32.8 Å². The van der Waals surface area contributed by atoms with Gasteiger partial charge in [-0.1, -0.05) is 37.3 Å². The number of nitrogens with one attached hydrogen (secondary N) is 1. The maximum atomic E-state index is 3.49. The fourth-order valence-electron chi connectivity index (χ4n) is 1.67. The third-order valence-corrected chi connectivity index (χ3v) is 2.54. The third-order valence-electron chi connectivity index (χ3n) is 2.54. The summed E-state index contributed by atoms with van der Waals surface area (Å²) in [6.45, 7) is 7.73. The molecule has 0 spiro atoms. The second-order valence-corrected chi connectivity index (χ2v) is 4.40. The zero-order valence-electron chi connectivity index (χ0n) is 9.51. The molecular weight excluding hydrogens is 170 g/mol. The van der Waals surface area contributed by atoms with Crippen LogP contribution in [-0.4, -0.2) is 12.1 Å². The Balaban J connectivity index is 2.40. The van der Waals surface area contributed by atoms with E-state index in [2.05, 4.69) is 56.4 Å². The van der Waals surface area contributed by atoms with E-state index in [1.807, 2.05) is 0 Å². The number of rotatable bonds is 5. The van der Waals surface area contributed by atoms with Gasteiger partial charge in [0.25, 0.3) is 0 Å². The smallest absolute Gasteiger partial charge is 0.0128 e. The van der Waals surface area contributed by atoms with E-state index < -0.39 is 0 Å². The molecule has 0 atom stereocenters. The summed E-state index contributed by atoms with van der Waals surface area (Å²) in [4.78, 5) is 0. The second-order valence-electron chi connectivity index (χ2n) is 4.40. The fraction of sp³-hybridized carbons (Fsp3) is 0.538. The monoisotopic (exact) mass is 191 g/mol. The van der Waals surface area contributed by atoms with Gasteiger partial charge in [0.1, 0.15) is 0 Å². The van der Waals surface area contributed by atoms with Gasteiger partial charge in [-0.3, -0.25) is 0 Å². The molecule has 78 valence electrons. The van der Waals surface area contributed by atoms with Crippen molar-refractivity contribution in [3.8, 4) is 0 Å². The standard InChI is InChI=1S/C13H21N/c1-4-14-13(2,3)11-10-12-8-6-5-7-9-12/h5-9,14H,4,10-11H2,1-3H3. The highest BCUT2D eigenvalue weighted by Gasteiger charge is 2.14. The van der Waals surface area contributed by atoms with E-state index in [-0.39, 0.29) is 5.54 Å². The molecule has 0 saturated carbocycles. The van der Waals surface area contributed by atoms with E-state index in [4.69, 9.17) is 0 Å². The third kappa shape index (κ3) is 3.93. The molecule has 0 bridgehead atoms. The van der Waals surface area contributed by atoms with Crippen molar-refractivity contribution in [1.82, 2.24) is 5.32 Å². The van der Waals surface area contributed by atoms with Crippen molar-refractivity contribution in [2.24, 2.45) is 0 Å². The molecule has 0 heterocycles. The van der Waals surface area contributed by atoms with Gasteiger partial charge in [0, 0.05) is 5.54 Å². The quantitative estimate of drug-likeness (QED) is 0.754. The number of hydrogen-bond acceptors (Lipinski definition) is 1. The van der Waals surface area contributed by atoms with Crippen LogP contribution < -0.4 is 5.32 Å². The highest BCUT2D eigenvalue weighted by molar-refractivity contribution is 5.15. The van der Waals surface area contributed by atoms with E-state index in [9.17, 15) is 0 Å².